The lowest BCUT2D eigenvalue weighted by Gasteiger charge is -2.15. The monoisotopic (exact) mass is 431 g/mol. The summed E-state index contributed by atoms with van der Waals surface area (Å²) in [6.07, 6.45) is 3.36. The lowest BCUT2D eigenvalue weighted by Crippen LogP contribution is -2.17. The maximum Gasteiger partial charge on any atom is 0.253 e. The summed E-state index contributed by atoms with van der Waals surface area (Å²) in [6.45, 7) is 1.96. The molecular weight excluding hydrogens is 409 g/mol. The van der Waals surface area contributed by atoms with E-state index in [9.17, 15) is 9.18 Å². The van der Waals surface area contributed by atoms with Crippen LogP contribution in [0, 0.1) is 5.82 Å². The van der Waals surface area contributed by atoms with Gasteiger partial charge in [0, 0.05) is 24.0 Å². The van der Waals surface area contributed by atoms with Gasteiger partial charge in [-0.15, -0.1) is 0 Å². The number of benzene rings is 2. The van der Waals surface area contributed by atoms with Gasteiger partial charge in [-0.25, -0.2) is 9.37 Å². The number of halogens is 1. The highest BCUT2D eigenvalue weighted by Crippen LogP contribution is 2.25. The molecule has 4 N–H and O–H groups in total. The number of aryl methyl sites for hydroxylation is 1. The molecule has 4 aromatic rings. The predicted molar refractivity (Wildman–Crippen MR) is 119 cm³/mol. The van der Waals surface area contributed by atoms with Crippen molar-refractivity contribution in [3.63, 3.8) is 0 Å². The van der Waals surface area contributed by atoms with Crippen molar-refractivity contribution in [1.29, 1.82) is 0 Å². The molecule has 1 aliphatic rings. The van der Waals surface area contributed by atoms with Crippen molar-refractivity contribution in [2.24, 2.45) is 5.73 Å². The van der Waals surface area contributed by atoms with E-state index in [1.54, 1.807) is 29.1 Å². The number of nitrogens with two attached hydrogens (primary N) is 1. The molecule has 2 aromatic heterocycles. The Hall–Kier alpha value is -3.85. The minimum Gasteiger partial charge on any atom is -0.366 e. The van der Waals surface area contributed by atoms with Crippen molar-refractivity contribution in [3.05, 3.63) is 76.9 Å². The fourth-order valence-electron chi connectivity index (χ4n) is 4.00. The first-order chi connectivity index (χ1) is 15.6. The molecule has 0 radical (unpaired) electrons. The van der Waals surface area contributed by atoms with Crippen LogP contribution in [0.5, 0.6) is 0 Å². The van der Waals surface area contributed by atoms with Crippen LogP contribution in [0.4, 0.5) is 10.2 Å². The standard InChI is InChI=1S/C23H22FN7O/c24-15-5-1-4-14(10-15)11-27-22-18-12-26-9-3-7-19(18)29-23(30-22)31-20-8-2-6-16(21(25)32)17(20)13-28-31/h1-2,4-6,8,10,13,26H,3,7,9,11-12H2,(H2,25,32)(H,27,29,30). The van der Waals surface area contributed by atoms with Gasteiger partial charge in [0.2, 0.25) is 5.91 Å². The number of aromatic nitrogens is 4. The molecule has 1 aliphatic heterocycles. The number of nitrogens with one attached hydrogen (secondary N) is 2. The Labute approximate surface area is 183 Å². The highest BCUT2D eigenvalue weighted by Gasteiger charge is 2.20. The quantitative estimate of drug-likeness (QED) is 0.448. The van der Waals surface area contributed by atoms with E-state index in [0.717, 1.165) is 36.2 Å². The number of nitrogens with zero attached hydrogens (tertiary/aromatic N) is 4. The molecule has 8 nitrogen and oxygen atoms in total. The smallest absolute Gasteiger partial charge is 0.253 e. The molecule has 1 amide bonds. The fraction of sp³-hybridized carbons (Fsp3) is 0.217. The van der Waals surface area contributed by atoms with Crippen LogP contribution in [0.15, 0.2) is 48.7 Å². The number of carbonyl (C=O) groups excluding carboxylic acids is 1. The summed E-state index contributed by atoms with van der Waals surface area (Å²) in [5, 5.41) is 11.8. The number of amides is 1. The Morgan fingerprint density at radius 2 is 2.09 bits per heavy atom. The lowest BCUT2D eigenvalue weighted by atomic mass is 10.1. The minimum atomic E-state index is -0.512. The normalized spacial score (nSPS) is 13.5. The van der Waals surface area contributed by atoms with Gasteiger partial charge in [-0.05, 0) is 49.2 Å². The van der Waals surface area contributed by atoms with E-state index in [1.807, 2.05) is 12.1 Å². The zero-order chi connectivity index (χ0) is 22.1. The molecule has 0 fully saturated rings. The van der Waals surface area contributed by atoms with Crippen LogP contribution >= 0.6 is 0 Å². The molecule has 3 heterocycles. The number of carbonyl (C=O) groups is 1. The maximum atomic E-state index is 13.6. The number of anilines is 1. The molecule has 0 aliphatic carbocycles. The second kappa shape index (κ2) is 8.35. The zero-order valence-corrected chi connectivity index (χ0v) is 17.3. The van der Waals surface area contributed by atoms with Crippen LogP contribution in [-0.2, 0) is 19.5 Å². The SMILES string of the molecule is NC(=O)c1cccc2c1cnn2-c1nc2c(c(NCc3cccc(F)c3)n1)CNCCC2. The summed E-state index contributed by atoms with van der Waals surface area (Å²) >= 11 is 0. The van der Waals surface area contributed by atoms with Gasteiger partial charge in [0.05, 0.1) is 23.0 Å². The molecule has 5 rings (SSSR count). The lowest BCUT2D eigenvalue weighted by molar-refractivity contribution is 0.100. The largest absolute Gasteiger partial charge is 0.366 e. The zero-order valence-electron chi connectivity index (χ0n) is 17.3. The van der Waals surface area contributed by atoms with Crippen molar-refractivity contribution < 1.29 is 9.18 Å². The third kappa shape index (κ3) is 3.78. The Kier molecular flexibility index (Phi) is 5.24. The number of rotatable bonds is 5. The number of primary amides is 1. The predicted octanol–water partition coefficient (Wildman–Crippen LogP) is 2.70. The van der Waals surface area contributed by atoms with E-state index in [0.29, 0.717) is 41.3 Å². The van der Waals surface area contributed by atoms with E-state index >= 15 is 0 Å². The summed E-state index contributed by atoms with van der Waals surface area (Å²) in [5.41, 5.74) is 9.37. The molecule has 0 spiro atoms. The average molecular weight is 431 g/mol. The van der Waals surface area contributed by atoms with Crippen molar-refractivity contribution in [2.75, 3.05) is 11.9 Å². The highest BCUT2D eigenvalue weighted by atomic mass is 19.1. The molecule has 0 unspecified atom stereocenters. The van der Waals surface area contributed by atoms with Crippen molar-refractivity contribution >= 4 is 22.6 Å². The fourth-order valence-corrected chi connectivity index (χ4v) is 4.00. The van der Waals surface area contributed by atoms with E-state index in [2.05, 4.69) is 15.7 Å². The number of hydrogen-bond donors (Lipinski definition) is 3. The van der Waals surface area contributed by atoms with Gasteiger partial charge in [0.15, 0.2) is 0 Å². The van der Waals surface area contributed by atoms with Crippen LogP contribution in [0.1, 0.15) is 33.6 Å². The van der Waals surface area contributed by atoms with Crippen molar-refractivity contribution in [3.8, 4) is 5.95 Å². The van der Waals surface area contributed by atoms with Gasteiger partial charge in [0.1, 0.15) is 11.6 Å². The first kappa shape index (κ1) is 20.1. The third-order valence-electron chi connectivity index (χ3n) is 5.57. The molecule has 32 heavy (non-hydrogen) atoms. The Morgan fingerprint density at radius 1 is 1.22 bits per heavy atom. The summed E-state index contributed by atoms with van der Waals surface area (Å²) in [7, 11) is 0. The van der Waals surface area contributed by atoms with Crippen LogP contribution < -0.4 is 16.4 Å². The molecule has 2 aromatic carbocycles. The van der Waals surface area contributed by atoms with Gasteiger partial charge in [-0.2, -0.15) is 14.8 Å². The summed E-state index contributed by atoms with van der Waals surface area (Å²) in [4.78, 5) is 21.4. The first-order valence-corrected chi connectivity index (χ1v) is 10.5. The Morgan fingerprint density at radius 3 is 2.94 bits per heavy atom. The highest BCUT2D eigenvalue weighted by molar-refractivity contribution is 6.05. The number of hydrogen-bond acceptors (Lipinski definition) is 6. The number of fused-ring (bicyclic) bond motifs is 2. The molecule has 0 atom stereocenters. The summed E-state index contributed by atoms with van der Waals surface area (Å²) in [6, 6.07) is 11.8. The Balaban J connectivity index is 1.58. The van der Waals surface area contributed by atoms with Crippen LogP contribution in [0.3, 0.4) is 0 Å². The molecule has 162 valence electrons. The molecule has 0 saturated heterocycles. The minimum absolute atomic E-state index is 0.276. The second-order valence-electron chi connectivity index (χ2n) is 7.72. The average Bonchev–Trinajstić information content (AvgIpc) is 3.08. The van der Waals surface area contributed by atoms with E-state index in [4.69, 9.17) is 15.7 Å². The van der Waals surface area contributed by atoms with Gasteiger partial charge in [-0.3, -0.25) is 4.79 Å². The Bertz CT molecular complexity index is 1320. The molecule has 9 heteroatoms. The second-order valence-corrected chi connectivity index (χ2v) is 7.72. The molecule has 0 bridgehead atoms. The topological polar surface area (TPSA) is 111 Å². The van der Waals surface area contributed by atoms with E-state index in [-0.39, 0.29) is 5.82 Å². The first-order valence-electron chi connectivity index (χ1n) is 10.5. The van der Waals surface area contributed by atoms with Crippen molar-refractivity contribution in [2.45, 2.75) is 25.9 Å². The van der Waals surface area contributed by atoms with E-state index < -0.39 is 5.91 Å². The molecular formula is C23H22FN7O. The maximum absolute atomic E-state index is 13.6. The summed E-state index contributed by atoms with van der Waals surface area (Å²) < 4.78 is 15.2. The van der Waals surface area contributed by atoms with Gasteiger partial charge >= 0.3 is 0 Å². The summed E-state index contributed by atoms with van der Waals surface area (Å²) in [5.74, 6) is 0.297. The van der Waals surface area contributed by atoms with Crippen LogP contribution in [-0.4, -0.2) is 32.2 Å². The van der Waals surface area contributed by atoms with Crippen LogP contribution in [0.25, 0.3) is 16.9 Å². The van der Waals surface area contributed by atoms with Gasteiger partial charge in [0.25, 0.3) is 5.95 Å². The molecule has 0 saturated carbocycles. The third-order valence-corrected chi connectivity index (χ3v) is 5.57. The van der Waals surface area contributed by atoms with Crippen molar-refractivity contribution in [1.82, 2.24) is 25.1 Å². The van der Waals surface area contributed by atoms with Gasteiger partial charge in [-0.1, -0.05) is 18.2 Å². The van der Waals surface area contributed by atoms with E-state index in [1.165, 1.54) is 12.1 Å². The van der Waals surface area contributed by atoms with Crippen LogP contribution in [0.2, 0.25) is 0 Å². The van der Waals surface area contributed by atoms with Gasteiger partial charge < -0.3 is 16.4 Å².